The molecule has 0 atom stereocenters. The Morgan fingerprint density at radius 1 is 1.83 bits per heavy atom. The van der Waals surface area contributed by atoms with E-state index in [0.29, 0.717) is 6.61 Å². The zero-order valence-electron chi connectivity index (χ0n) is 7.20. The fraction of sp³-hybridized carbons (Fsp3) is 0.500. The maximum atomic E-state index is 11.0. The van der Waals surface area contributed by atoms with Gasteiger partial charge in [-0.15, -0.1) is 0 Å². The summed E-state index contributed by atoms with van der Waals surface area (Å²) in [4.78, 5) is 11.0. The zero-order valence-corrected chi connectivity index (χ0v) is 7.20. The van der Waals surface area contributed by atoms with E-state index in [1.54, 1.807) is 17.7 Å². The van der Waals surface area contributed by atoms with Crippen LogP contribution < -0.4 is 0 Å². The van der Waals surface area contributed by atoms with Gasteiger partial charge < -0.3 is 4.74 Å². The van der Waals surface area contributed by atoms with Crippen molar-refractivity contribution >= 4 is 5.97 Å². The first kappa shape index (κ1) is 8.77. The number of nitrogens with zero attached hydrogens (tertiary/aromatic N) is 2. The van der Waals surface area contributed by atoms with Crippen molar-refractivity contribution in [3.05, 3.63) is 18.0 Å². The van der Waals surface area contributed by atoms with Crippen molar-refractivity contribution < 1.29 is 9.53 Å². The highest BCUT2D eigenvalue weighted by Crippen LogP contribution is 1.95. The lowest BCUT2D eigenvalue weighted by molar-refractivity contribution is -0.144. The van der Waals surface area contributed by atoms with Crippen LogP contribution in [0.2, 0.25) is 0 Å². The molecule has 0 saturated heterocycles. The normalized spacial score (nSPS) is 9.83. The third-order valence-corrected chi connectivity index (χ3v) is 1.44. The average Bonchev–Trinajstić information content (AvgIpc) is 2.37. The minimum atomic E-state index is -0.266. The summed E-state index contributed by atoms with van der Waals surface area (Å²) in [5.74, 6) is -0.266. The number of ether oxygens (including phenoxy) is 1. The number of aryl methyl sites for hydroxylation is 1. The van der Waals surface area contributed by atoms with Crippen LogP contribution in [0.5, 0.6) is 0 Å². The van der Waals surface area contributed by atoms with Crippen LogP contribution in [0.1, 0.15) is 12.6 Å². The Kier molecular flexibility index (Phi) is 2.85. The third kappa shape index (κ3) is 2.08. The minimum absolute atomic E-state index is 0.170. The number of esters is 1. The predicted molar refractivity (Wildman–Crippen MR) is 42.4 cm³/mol. The van der Waals surface area contributed by atoms with Crippen LogP contribution in [0.25, 0.3) is 0 Å². The van der Waals surface area contributed by atoms with E-state index < -0.39 is 0 Å². The van der Waals surface area contributed by atoms with E-state index in [-0.39, 0.29) is 12.5 Å². The van der Waals surface area contributed by atoms with Gasteiger partial charge in [-0.05, 0) is 19.9 Å². The lowest BCUT2D eigenvalue weighted by Gasteiger charge is -2.02. The van der Waals surface area contributed by atoms with Gasteiger partial charge >= 0.3 is 5.97 Å². The van der Waals surface area contributed by atoms with Gasteiger partial charge in [0.1, 0.15) is 12.7 Å². The average molecular weight is 167 g/mol. The SMILES string of the molecule is CCOC(=O)Cn1n[c]cc1C. The number of hydrogen-bond acceptors (Lipinski definition) is 3. The van der Waals surface area contributed by atoms with Crippen molar-refractivity contribution in [2.75, 3.05) is 6.61 Å². The largest absolute Gasteiger partial charge is 0.465 e. The number of rotatable bonds is 3. The fourth-order valence-corrected chi connectivity index (χ4v) is 0.834. The quantitative estimate of drug-likeness (QED) is 0.618. The summed E-state index contributed by atoms with van der Waals surface area (Å²) in [6, 6.07) is 1.72. The van der Waals surface area contributed by atoms with E-state index in [9.17, 15) is 4.79 Å². The molecule has 1 heterocycles. The van der Waals surface area contributed by atoms with Gasteiger partial charge in [-0.2, -0.15) is 5.10 Å². The second kappa shape index (κ2) is 3.90. The second-order valence-electron chi connectivity index (χ2n) is 2.38. The van der Waals surface area contributed by atoms with Crippen molar-refractivity contribution in [2.45, 2.75) is 20.4 Å². The highest BCUT2D eigenvalue weighted by atomic mass is 16.5. The first-order valence-electron chi connectivity index (χ1n) is 3.80. The molecule has 0 N–H and O–H groups in total. The maximum Gasteiger partial charge on any atom is 0.327 e. The molecule has 0 aliphatic rings. The molecule has 0 spiro atoms. The molecule has 0 bridgehead atoms. The lowest BCUT2D eigenvalue weighted by Crippen LogP contribution is -2.15. The standard InChI is InChI=1S/C8H11N2O2/c1-3-12-8(11)6-10-7(2)4-5-9-10/h4H,3,6H2,1-2H3. The van der Waals surface area contributed by atoms with Gasteiger partial charge in [0.2, 0.25) is 0 Å². The fourth-order valence-electron chi connectivity index (χ4n) is 0.834. The molecule has 0 amide bonds. The monoisotopic (exact) mass is 167 g/mol. The summed E-state index contributed by atoms with van der Waals surface area (Å²) >= 11 is 0. The Bertz CT molecular complexity index is 268. The predicted octanol–water partition coefficient (Wildman–Crippen LogP) is 0.555. The molecule has 12 heavy (non-hydrogen) atoms. The van der Waals surface area contributed by atoms with Crippen LogP contribution >= 0.6 is 0 Å². The van der Waals surface area contributed by atoms with Gasteiger partial charge in [-0.1, -0.05) is 0 Å². The summed E-state index contributed by atoms with van der Waals surface area (Å²) in [6.07, 6.45) is 2.65. The van der Waals surface area contributed by atoms with E-state index in [4.69, 9.17) is 4.74 Å². The molecule has 0 fully saturated rings. The van der Waals surface area contributed by atoms with Gasteiger partial charge in [0, 0.05) is 5.69 Å². The van der Waals surface area contributed by atoms with E-state index in [2.05, 4.69) is 11.3 Å². The van der Waals surface area contributed by atoms with Crippen molar-refractivity contribution in [1.82, 2.24) is 9.78 Å². The molecular weight excluding hydrogens is 156 g/mol. The molecule has 1 rings (SSSR count). The zero-order chi connectivity index (χ0) is 8.97. The van der Waals surface area contributed by atoms with Crippen molar-refractivity contribution in [1.29, 1.82) is 0 Å². The minimum Gasteiger partial charge on any atom is -0.465 e. The van der Waals surface area contributed by atoms with E-state index >= 15 is 0 Å². The molecule has 0 aromatic carbocycles. The number of aromatic nitrogens is 2. The Morgan fingerprint density at radius 2 is 2.58 bits per heavy atom. The van der Waals surface area contributed by atoms with E-state index in [1.807, 2.05) is 6.92 Å². The van der Waals surface area contributed by atoms with Crippen molar-refractivity contribution in [3.63, 3.8) is 0 Å². The summed E-state index contributed by atoms with van der Waals surface area (Å²) < 4.78 is 6.31. The third-order valence-electron chi connectivity index (χ3n) is 1.44. The summed E-state index contributed by atoms with van der Waals surface area (Å²) in [5.41, 5.74) is 0.906. The van der Waals surface area contributed by atoms with Crippen LogP contribution in [0, 0.1) is 13.1 Å². The Hall–Kier alpha value is -1.32. The van der Waals surface area contributed by atoms with Gasteiger partial charge in [0.15, 0.2) is 0 Å². The first-order valence-corrected chi connectivity index (χ1v) is 3.80. The molecule has 65 valence electrons. The maximum absolute atomic E-state index is 11.0. The first-order chi connectivity index (χ1) is 5.74. The van der Waals surface area contributed by atoms with Gasteiger partial charge in [-0.25, -0.2) is 0 Å². The lowest BCUT2D eigenvalue weighted by atomic mass is 10.5. The molecule has 1 radical (unpaired) electrons. The summed E-state index contributed by atoms with van der Waals surface area (Å²) in [5, 5.41) is 3.83. The molecule has 4 heteroatoms. The van der Waals surface area contributed by atoms with Crippen LogP contribution in [-0.2, 0) is 16.1 Å². The van der Waals surface area contributed by atoms with Crippen molar-refractivity contribution in [3.8, 4) is 0 Å². The Labute approximate surface area is 71.1 Å². The van der Waals surface area contributed by atoms with Crippen LogP contribution in [-0.4, -0.2) is 22.4 Å². The molecule has 1 aromatic rings. The second-order valence-corrected chi connectivity index (χ2v) is 2.38. The van der Waals surface area contributed by atoms with Gasteiger partial charge in [0.05, 0.1) is 6.61 Å². The molecule has 0 aliphatic heterocycles. The summed E-state index contributed by atoms with van der Waals surface area (Å²) in [6.45, 7) is 4.22. The molecule has 1 aromatic heterocycles. The van der Waals surface area contributed by atoms with Crippen molar-refractivity contribution in [2.24, 2.45) is 0 Å². The highest BCUT2D eigenvalue weighted by Gasteiger charge is 2.04. The molecule has 4 nitrogen and oxygen atoms in total. The van der Waals surface area contributed by atoms with E-state index in [0.717, 1.165) is 5.69 Å². The molecule has 0 aliphatic carbocycles. The Balaban J connectivity index is 2.52. The smallest absolute Gasteiger partial charge is 0.327 e. The van der Waals surface area contributed by atoms with Crippen LogP contribution in [0.3, 0.4) is 0 Å². The topological polar surface area (TPSA) is 44.1 Å². The highest BCUT2D eigenvalue weighted by molar-refractivity contribution is 5.69. The number of carbonyl (C=O) groups excluding carboxylic acids is 1. The molecule has 0 unspecified atom stereocenters. The molecule has 0 saturated carbocycles. The van der Waals surface area contributed by atoms with Crippen LogP contribution in [0.4, 0.5) is 0 Å². The Morgan fingerprint density at radius 3 is 3.08 bits per heavy atom. The number of hydrogen-bond donors (Lipinski definition) is 0. The van der Waals surface area contributed by atoms with Gasteiger partial charge in [-0.3, -0.25) is 9.48 Å². The van der Waals surface area contributed by atoms with E-state index in [1.165, 1.54) is 0 Å². The van der Waals surface area contributed by atoms with Crippen LogP contribution in [0.15, 0.2) is 6.07 Å². The number of carbonyl (C=O) groups is 1. The van der Waals surface area contributed by atoms with Gasteiger partial charge in [0.25, 0.3) is 0 Å². The molecular formula is C8H11N2O2. The summed E-state index contributed by atoms with van der Waals surface area (Å²) in [7, 11) is 0.